The van der Waals surface area contributed by atoms with Crippen LogP contribution < -0.4 is 10.1 Å². The number of alkyl halides is 3. The second-order valence-electron chi connectivity index (χ2n) is 9.77. The Labute approximate surface area is 212 Å². The molecule has 2 N–H and O–H groups in total. The number of halogens is 3. The number of piperidine rings is 1. The van der Waals surface area contributed by atoms with E-state index in [9.17, 15) is 23.1 Å². The van der Waals surface area contributed by atoms with E-state index < -0.39 is 12.8 Å². The summed E-state index contributed by atoms with van der Waals surface area (Å²) in [5.74, 6) is 1.41. The van der Waals surface area contributed by atoms with Crippen LogP contribution in [0.25, 0.3) is 16.7 Å². The van der Waals surface area contributed by atoms with Gasteiger partial charge in [-0.2, -0.15) is 18.2 Å². The van der Waals surface area contributed by atoms with Crippen molar-refractivity contribution in [2.24, 2.45) is 5.92 Å². The summed E-state index contributed by atoms with van der Waals surface area (Å²) in [6.45, 7) is -0.0977. The van der Waals surface area contributed by atoms with E-state index in [0.29, 0.717) is 48.6 Å². The molecule has 1 aliphatic carbocycles. The molecule has 1 amide bonds. The van der Waals surface area contributed by atoms with Crippen LogP contribution in [-0.4, -0.2) is 68.5 Å². The first-order valence-electron chi connectivity index (χ1n) is 12.6. The van der Waals surface area contributed by atoms with Crippen LogP contribution in [0.15, 0.2) is 42.7 Å². The molecule has 8 nitrogen and oxygen atoms in total. The molecule has 0 bridgehead atoms. The summed E-state index contributed by atoms with van der Waals surface area (Å²) in [7, 11) is 0. The fourth-order valence-corrected chi connectivity index (χ4v) is 5.19. The normalized spacial score (nSPS) is 21.2. The molecule has 3 heterocycles. The van der Waals surface area contributed by atoms with Crippen molar-refractivity contribution in [2.45, 2.75) is 56.8 Å². The number of nitrogens with zero attached hydrogens (tertiary/aromatic N) is 4. The van der Waals surface area contributed by atoms with Crippen LogP contribution in [0.1, 0.15) is 38.5 Å². The Morgan fingerprint density at radius 1 is 1.08 bits per heavy atom. The van der Waals surface area contributed by atoms with Gasteiger partial charge in [0.15, 0.2) is 6.61 Å². The van der Waals surface area contributed by atoms with Crippen molar-refractivity contribution in [1.29, 1.82) is 0 Å². The third-order valence-electron chi connectivity index (χ3n) is 7.16. The third kappa shape index (κ3) is 5.98. The van der Waals surface area contributed by atoms with Gasteiger partial charge in [-0.15, -0.1) is 0 Å². The number of benzene rings is 1. The predicted octanol–water partition coefficient (Wildman–Crippen LogP) is 4.32. The molecule has 1 aliphatic heterocycles. The minimum atomic E-state index is -4.42. The Balaban J connectivity index is 1.22. The van der Waals surface area contributed by atoms with Crippen LogP contribution in [0.4, 0.5) is 19.1 Å². The molecule has 5 rings (SSSR count). The van der Waals surface area contributed by atoms with E-state index in [0.717, 1.165) is 25.7 Å². The summed E-state index contributed by atoms with van der Waals surface area (Å²) in [6, 6.07) is 8.55. The van der Waals surface area contributed by atoms with E-state index in [4.69, 9.17) is 4.74 Å². The van der Waals surface area contributed by atoms with Crippen LogP contribution in [-0.2, 0) is 4.79 Å². The van der Waals surface area contributed by atoms with E-state index in [1.165, 1.54) is 6.07 Å². The van der Waals surface area contributed by atoms with Crippen molar-refractivity contribution < 1.29 is 27.8 Å². The molecule has 2 aromatic heterocycles. The fraction of sp³-hybridized carbons (Fsp3) is 0.500. The SMILES string of the molecule is O=C([C@H]1CC[C@H](Nc2nccc(-n3ccc4c(OCC(F)(F)F)cccc43)n2)CC1)N1CCC(O)CC1. The maximum atomic E-state index is 12.9. The number of amides is 1. The van der Waals surface area contributed by atoms with Crippen molar-refractivity contribution >= 4 is 22.8 Å². The smallest absolute Gasteiger partial charge is 0.422 e. The number of fused-ring (bicyclic) bond motifs is 1. The van der Waals surface area contributed by atoms with Crippen molar-refractivity contribution in [2.75, 3.05) is 25.0 Å². The van der Waals surface area contributed by atoms with Crippen molar-refractivity contribution in [3.8, 4) is 11.6 Å². The van der Waals surface area contributed by atoms with Crippen LogP contribution in [0.3, 0.4) is 0 Å². The lowest BCUT2D eigenvalue weighted by atomic mass is 9.85. The molecular weight excluding hydrogens is 487 g/mol. The molecule has 2 fully saturated rings. The monoisotopic (exact) mass is 517 g/mol. The van der Waals surface area contributed by atoms with Gasteiger partial charge in [0, 0.05) is 42.8 Å². The average molecular weight is 518 g/mol. The number of carbonyl (C=O) groups excluding carboxylic acids is 1. The minimum Gasteiger partial charge on any atom is -0.483 e. The highest BCUT2D eigenvalue weighted by molar-refractivity contribution is 5.87. The molecule has 0 atom stereocenters. The summed E-state index contributed by atoms with van der Waals surface area (Å²) in [5.41, 5.74) is 0.675. The second kappa shape index (κ2) is 10.6. The third-order valence-corrected chi connectivity index (χ3v) is 7.16. The van der Waals surface area contributed by atoms with Gasteiger partial charge in [0.2, 0.25) is 11.9 Å². The maximum absolute atomic E-state index is 12.9. The van der Waals surface area contributed by atoms with Gasteiger partial charge in [0.25, 0.3) is 0 Å². The standard InChI is InChI=1S/C26H30F3N5O3/c27-26(28,29)16-37-22-3-1-2-21-20(22)11-15-34(21)23-8-12-30-25(32-23)31-18-6-4-17(5-7-18)24(36)33-13-9-19(35)10-14-33/h1-3,8,11-12,15,17-19,35H,4-7,9-10,13-14,16H2,(H,30,31,32)/t17-,18-. The Bertz CT molecular complexity index is 1230. The first kappa shape index (κ1) is 25.3. The molecular formula is C26H30F3N5O3. The molecule has 1 saturated heterocycles. The van der Waals surface area contributed by atoms with Crippen LogP contribution >= 0.6 is 0 Å². The first-order valence-corrected chi connectivity index (χ1v) is 12.6. The lowest BCUT2D eigenvalue weighted by molar-refractivity contribution is -0.153. The van der Waals surface area contributed by atoms with E-state index in [1.807, 2.05) is 4.90 Å². The van der Waals surface area contributed by atoms with Crippen LogP contribution in [0, 0.1) is 5.92 Å². The van der Waals surface area contributed by atoms with Gasteiger partial charge in [-0.1, -0.05) is 6.07 Å². The summed E-state index contributed by atoms with van der Waals surface area (Å²) >= 11 is 0. The Hall–Kier alpha value is -3.34. The fourth-order valence-electron chi connectivity index (χ4n) is 5.19. The van der Waals surface area contributed by atoms with E-state index in [2.05, 4.69) is 15.3 Å². The van der Waals surface area contributed by atoms with Gasteiger partial charge in [-0.3, -0.25) is 4.79 Å². The van der Waals surface area contributed by atoms with Crippen molar-refractivity contribution in [1.82, 2.24) is 19.4 Å². The lowest BCUT2D eigenvalue weighted by Crippen LogP contribution is -2.44. The Kier molecular flexibility index (Phi) is 7.23. The van der Waals surface area contributed by atoms with Gasteiger partial charge in [-0.05, 0) is 62.8 Å². The van der Waals surface area contributed by atoms with Gasteiger partial charge in [0.1, 0.15) is 11.6 Å². The topological polar surface area (TPSA) is 92.5 Å². The molecule has 37 heavy (non-hydrogen) atoms. The predicted molar refractivity (Wildman–Crippen MR) is 132 cm³/mol. The number of aliphatic hydroxyl groups excluding tert-OH is 1. The number of nitrogens with one attached hydrogen (secondary N) is 1. The first-order chi connectivity index (χ1) is 17.8. The summed E-state index contributed by atoms with van der Waals surface area (Å²) < 4.78 is 44.7. The number of ether oxygens (including phenoxy) is 1. The molecule has 1 aromatic carbocycles. The molecule has 1 saturated carbocycles. The summed E-state index contributed by atoms with van der Waals surface area (Å²) in [5, 5.41) is 13.6. The number of hydrogen-bond acceptors (Lipinski definition) is 6. The number of likely N-dealkylation sites (tertiary alicyclic amines) is 1. The second-order valence-corrected chi connectivity index (χ2v) is 9.77. The van der Waals surface area contributed by atoms with Crippen molar-refractivity contribution in [3.63, 3.8) is 0 Å². The van der Waals surface area contributed by atoms with E-state index >= 15 is 0 Å². The molecule has 3 aromatic rings. The van der Waals surface area contributed by atoms with Gasteiger partial charge in [0.05, 0.1) is 11.6 Å². The Morgan fingerprint density at radius 2 is 1.84 bits per heavy atom. The van der Waals surface area contributed by atoms with Gasteiger partial charge < -0.3 is 24.6 Å². The summed E-state index contributed by atoms with van der Waals surface area (Å²) in [6.07, 6.45) is 3.20. The van der Waals surface area contributed by atoms with Gasteiger partial charge >= 0.3 is 6.18 Å². The van der Waals surface area contributed by atoms with E-state index in [-0.39, 0.29) is 29.7 Å². The molecule has 11 heteroatoms. The molecule has 0 unspecified atom stereocenters. The van der Waals surface area contributed by atoms with E-state index in [1.54, 1.807) is 41.2 Å². The quantitative estimate of drug-likeness (QED) is 0.506. The van der Waals surface area contributed by atoms with Gasteiger partial charge in [-0.25, -0.2) is 4.98 Å². The Morgan fingerprint density at radius 3 is 2.57 bits per heavy atom. The maximum Gasteiger partial charge on any atom is 0.422 e. The number of aromatic nitrogens is 3. The minimum absolute atomic E-state index is 0.0144. The molecule has 2 aliphatic rings. The number of carbonyl (C=O) groups is 1. The van der Waals surface area contributed by atoms with Crippen LogP contribution in [0.2, 0.25) is 0 Å². The number of hydrogen-bond donors (Lipinski definition) is 2. The highest BCUT2D eigenvalue weighted by Crippen LogP contribution is 2.31. The lowest BCUT2D eigenvalue weighted by Gasteiger charge is -2.35. The molecule has 198 valence electrons. The zero-order valence-electron chi connectivity index (χ0n) is 20.3. The number of aliphatic hydroxyl groups is 1. The van der Waals surface area contributed by atoms with Crippen molar-refractivity contribution in [3.05, 3.63) is 42.7 Å². The average Bonchev–Trinajstić information content (AvgIpc) is 3.33. The number of anilines is 1. The highest BCUT2D eigenvalue weighted by atomic mass is 19.4. The zero-order chi connectivity index (χ0) is 26.0. The highest BCUT2D eigenvalue weighted by Gasteiger charge is 2.31. The largest absolute Gasteiger partial charge is 0.483 e. The zero-order valence-corrected chi connectivity index (χ0v) is 20.3. The molecule has 0 radical (unpaired) electrons. The number of rotatable bonds is 6. The van der Waals surface area contributed by atoms with Crippen LogP contribution in [0.5, 0.6) is 5.75 Å². The molecule has 0 spiro atoms. The summed E-state index contributed by atoms with van der Waals surface area (Å²) in [4.78, 5) is 23.7.